The smallest absolute Gasteiger partial charge is 0.180 e. The molecule has 5 heteroatoms. The average Bonchev–Trinajstić information content (AvgIpc) is 2.48. The van der Waals surface area contributed by atoms with Gasteiger partial charge in [-0.2, -0.15) is 0 Å². The number of sulfone groups is 1. The van der Waals surface area contributed by atoms with Crippen LogP contribution in [0.4, 0.5) is 0 Å². The quantitative estimate of drug-likeness (QED) is 0.541. The Bertz CT molecular complexity index is 659. The third-order valence-corrected chi connectivity index (χ3v) is 7.28. The van der Waals surface area contributed by atoms with Crippen molar-refractivity contribution in [2.75, 3.05) is 10.2 Å². The van der Waals surface area contributed by atoms with Crippen LogP contribution in [0, 0.1) is 0 Å². The summed E-state index contributed by atoms with van der Waals surface area (Å²) in [4.78, 5) is -0.595. The topological polar surface area (TPSA) is 34.1 Å². The molecule has 1 unspecified atom stereocenters. The van der Waals surface area contributed by atoms with Crippen LogP contribution in [0.3, 0.4) is 0 Å². The predicted octanol–water partition coefficient (Wildman–Crippen LogP) is 4.03. The second kappa shape index (κ2) is 6.45. The number of benzene rings is 2. The first-order valence-electron chi connectivity index (χ1n) is 6.06. The van der Waals surface area contributed by atoms with Crippen molar-refractivity contribution in [3.05, 3.63) is 66.2 Å². The Balaban J connectivity index is 2.36. The minimum atomic E-state index is -3.41. The molecular weight excluding hydrogens is 407 g/mol. The Kier molecular flexibility index (Phi) is 5.09. The summed E-state index contributed by atoms with van der Waals surface area (Å²) in [6, 6.07) is 17.8. The maximum atomic E-state index is 12.5. The molecule has 2 aromatic rings. The van der Waals surface area contributed by atoms with Crippen LogP contribution in [0.25, 0.3) is 0 Å². The number of hydrogen-bond donors (Lipinski definition) is 0. The van der Waals surface area contributed by atoms with Crippen LogP contribution in [0.15, 0.2) is 65.6 Å². The standard InChI is InChI=1S/C15H14ClIO2S/c16-15(11-17,13-7-3-1-4-8-13)12-20(18,19)14-9-5-2-6-10-14/h1-10H,11-12H2. The molecule has 0 aliphatic heterocycles. The Morgan fingerprint density at radius 1 is 0.950 bits per heavy atom. The van der Waals surface area contributed by atoms with Gasteiger partial charge in [-0.25, -0.2) is 8.42 Å². The maximum Gasteiger partial charge on any atom is 0.180 e. The molecule has 106 valence electrons. The molecule has 0 aliphatic rings. The molecule has 1 atom stereocenters. The summed E-state index contributed by atoms with van der Waals surface area (Å²) < 4.78 is 25.5. The number of rotatable bonds is 5. The largest absolute Gasteiger partial charge is 0.224 e. The van der Waals surface area contributed by atoms with Crippen molar-refractivity contribution in [1.82, 2.24) is 0 Å². The van der Waals surface area contributed by atoms with E-state index < -0.39 is 14.7 Å². The van der Waals surface area contributed by atoms with Crippen LogP contribution in [-0.4, -0.2) is 18.6 Å². The van der Waals surface area contributed by atoms with Gasteiger partial charge >= 0.3 is 0 Å². The van der Waals surface area contributed by atoms with Crippen molar-refractivity contribution in [2.24, 2.45) is 0 Å². The SMILES string of the molecule is O=S(=O)(CC(Cl)(CI)c1ccccc1)c1ccccc1. The fraction of sp³-hybridized carbons (Fsp3) is 0.200. The van der Waals surface area contributed by atoms with Crippen LogP contribution < -0.4 is 0 Å². The van der Waals surface area contributed by atoms with E-state index in [0.717, 1.165) is 5.56 Å². The van der Waals surface area contributed by atoms with E-state index in [1.807, 2.05) is 30.3 Å². The molecule has 0 heterocycles. The summed E-state index contributed by atoms with van der Waals surface area (Å²) in [6.45, 7) is 0. The van der Waals surface area contributed by atoms with Crippen LogP contribution in [0.2, 0.25) is 0 Å². The second-order valence-electron chi connectivity index (χ2n) is 4.54. The molecule has 0 aliphatic carbocycles. The first-order valence-corrected chi connectivity index (χ1v) is 9.62. The van der Waals surface area contributed by atoms with Crippen LogP contribution in [0.5, 0.6) is 0 Å². The highest BCUT2D eigenvalue weighted by Gasteiger charge is 2.34. The van der Waals surface area contributed by atoms with Gasteiger partial charge in [0.05, 0.1) is 15.5 Å². The van der Waals surface area contributed by atoms with Crippen LogP contribution in [-0.2, 0) is 14.7 Å². The average molecular weight is 421 g/mol. The van der Waals surface area contributed by atoms with Gasteiger partial charge in [-0.15, -0.1) is 11.6 Å². The van der Waals surface area contributed by atoms with Crippen LogP contribution in [0.1, 0.15) is 5.56 Å². The lowest BCUT2D eigenvalue weighted by Crippen LogP contribution is -2.30. The third kappa shape index (κ3) is 3.54. The lowest BCUT2D eigenvalue weighted by molar-refractivity contribution is 0.586. The molecule has 2 nitrogen and oxygen atoms in total. The molecular formula is C15H14ClIO2S. The van der Waals surface area contributed by atoms with E-state index in [9.17, 15) is 8.42 Å². The minimum absolute atomic E-state index is 0.113. The Morgan fingerprint density at radius 2 is 1.45 bits per heavy atom. The monoisotopic (exact) mass is 420 g/mol. The molecule has 2 rings (SSSR count). The lowest BCUT2D eigenvalue weighted by atomic mass is 10.0. The summed E-state index contributed by atoms with van der Waals surface area (Å²) in [6.07, 6.45) is 0. The normalized spacial score (nSPS) is 14.7. The lowest BCUT2D eigenvalue weighted by Gasteiger charge is -2.25. The summed E-state index contributed by atoms with van der Waals surface area (Å²) >= 11 is 8.73. The van der Waals surface area contributed by atoms with Gasteiger partial charge in [0.15, 0.2) is 9.84 Å². The van der Waals surface area contributed by atoms with Crippen molar-refractivity contribution >= 4 is 44.0 Å². The molecule has 0 aromatic heterocycles. The Labute approximate surface area is 138 Å². The van der Waals surface area contributed by atoms with Gasteiger partial charge in [0.2, 0.25) is 0 Å². The van der Waals surface area contributed by atoms with E-state index in [0.29, 0.717) is 9.32 Å². The summed E-state index contributed by atoms with van der Waals surface area (Å²) in [5.41, 5.74) is 0.829. The Morgan fingerprint density at radius 3 is 1.95 bits per heavy atom. The van der Waals surface area contributed by atoms with Gasteiger partial charge in [0.1, 0.15) is 0 Å². The molecule has 0 saturated heterocycles. The third-order valence-electron chi connectivity index (χ3n) is 3.02. The van der Waals surface area contributed by atoms with E-state index in [2.05, 4.69) is 22.6 Å². The van der Waals surface area contributed by atoms with Gasteiger partial charge in [0.25, 0.3) is 0 Å². The molecule has 2 aromatic carbocycles. The number of hydrogen-bond acceptors (Lipinski definition) is 2. The van der Waals surface area contributed by atoms with Gasteiger partial charge in [-0.3, -0.25) is 0 Å². The molecule has 0 fully saturated rings. The first kappa shape index (κ1) is 15.8. The number of alkyl halides is 2. The minimum Gasteiger partial charge on any atom is -0.224 e. The summed E-state index contributed by atoms with van der Waals surface area (Å²) in [5.74, 6) is -0.113. The zero-order valence-electron chi connectivity index (χ0n) is 10.7. The molecule has 20 heavy (non-hydrogen) atoms. The fourth-order valence-electron chi connectivity index (χ4n) is 1.95. The summed E-state index contributed by atoms with van der Waals surface area (Å²) in [7, 11) is -3.41. The van der Waals surface area contributed by atoms with Gasteiger partial charge in [0, 0.05) is 4.43 Å². The highest BCUT2D eigenvalue weighted by atomic mass is 127. The van der Waals surface area contributed by atoms with Crippen LogP contribution >= 0.6 is 34.2 Å². The van der Waals surface area contributed by atoms with Crippen molar-refractivity contribution in [1.29, 1.82) is 0 Å². The van der Waals surface area contributed by atoms with E-state index in [1.54, 1.807) is 30.3 Å². The van der Waals surface area contributed by atoms with Gasteiger partial charge < -0.3 is 0 Å². The van der Waals surface area contributed by atoms with E-state index in [1.165, 1.54) is 0 Å². The van der Waals surface area contributed by atoms with Crippen molar-refractivity contribution in [3.63, 3.8) is 0 Å². The number of halogens is 2. The molecule has 0 radical (unpaired) electrons. The van der Waals surface area contributed by atoms with Gasteiger partial charge in [-0.05, 0) is 17.7 Å². The maximum absolute atomic E-state index is 12.5. The second-order valence-corrected chi connectivity index (χ2v) is 8.01. The summed E-state index contributed by atoms with van der Waals surface area (Å²) in [5, 5.41) is 0. The predicted molar refractivity (Wildman–Crippen MR) is 91.4 cm³/mol. The molecule has 0 amide bonds. The highest BCUT2D eigenvalue weighted by molar-refractivity contribution is 14.1. The van der Waals surface area contributed by atoms with E-state index >= 15 is 0 Å². The zero-order chi connectivity index (χ0) is 14.6. The molecule has 0 saturated carbocycles. The fourth-order valence-corrected chi connectivity index (χ4v) is 5.19. The Hall–Kier alpha value is -0.590. The van der Waals surface area contributed by atoms with E-state index in [4.69, 9.17) is 11.6 Å². The molecule has 0 bridgehead atoms. The van der Waals surface area contributed by atoms with Gasteiger partial charge in [-0.1, -0.05) is 71.1 Å². The van der Waals surface area contributed by atoms with E-state index in [-0.39, 0.29) is 5.75 Å². The first-order chi connectivity index (χ1) is 9.48. The van der Waals surface area contributed by atoms with Crippen molar-refractivity contribution < 1.29 is 8.42 Å². The molecule has 0 N–H and O–H groups in total. The molecule has 0 spiro atoms. The highest BCUT2D eigenvalue weighted by Crippen LogP contribution is 2.34. The van der Waals surface area contributed by atoms with Crippen molar-refractivity contribution in [3.8, 4) is 0 Å². The van der Waals surface area contributed by atoms with Crippen molar-refractivity contribution in [2.45, 2.75) is 9.77 Å². The zero-order valence-corrected chi connectivity index (χ0v) is 14.4.